The molecule has 1 fully saturated rings. The standard InChI is InChI=1S/C13H15Br2NO2/c1-9-6-10(15)2-3-12(9)13(17)16-4-5-18-8-11(16)7-14/h2-3,6,11H,4-5,7-8H2,1H3. The minimum Gasteiger partial charge on any atom is -0.377 e. The van der Waals surface area contributed by atoms with Crippen LogP contribution < -0.4 is 0 Å². The molecule has 2 rings (SSSR count). The summed E-state index contributed by atoms with van der Waals surface area (Å²) in [6.45, 7) is 3.84. The molecule has 0 spiro atoms. The first kappa shape index (κ1) is 14.0. The first-order valence-corrected chi connectivity index (χ1v) is 7.75. The topological polar surface area (TPSA) is 29.5 Å². The van der Waals surface area contributed by atoms with Gasteiger partial charge >= 0.3 is 0 Å². The van der Waals surface area contributed by atoms with Gasteiger partial charge in [-0.25, -0.2) is 0 Å². The van der Waals surface area contributed by atoms with Gasteiger partial charge in [-0.3, -0.25) is 4.79 Å². The minimum atomic E-state index is 0.0905. The van der Waals surface area contributed by atoms with E-state index in [1.165, 1.54) is 0 Å². The Morgan fingerprint density at radius 2 is 2.33 bits per heavy atom. The van der Waals surface area contributed by atoms with Crippen LogP contribution in [0.3, 0.4) is 0 Å². The Kier molecular flexibility index (Phi) is 4.81. The monoisotopic (exact) mass is 375 g/mol. The second-order valence-corrected chi connectivity index (χ2v) is 5.90. The molecular formula is C13H15Br2NO2. The van der Waals surface area contributed by atoms with Gasteiger partial charge in [-0.15, -0.1) is 0 Å². The third-order valence-corrected chi connectivity index (χ3v) is 4.33. The van der Waals surface area contributed by atoms with Gasteiger partial charge < -0.3 is 9.64 Å². The van der Waals surface area contributed by atoms with Crippen LogP contribution in [0.25, 0.3) is 0 Å². The van der Waals surface area contributed by atoms with Crippen molar-refractivity contribution in [1.29, 1.82) is 0 Å². The first-order chi connectivity index (χ1) is 8.63. The largest absolute Gasteiger partial charge is 0.377 e. The zero-order chi connectivity index (χ0) is 13.1. The van der Waals surface area contributed by atoms with Crippen LogP contribution in [0.1, 0.15) is 15.9 Å². The number of hydrogen-bond acceptors (Lipinski definition) is 2. The lowest BCUT2D eigenvalue weighted by Gasteiger charge is -2.35. The number of amides is 1. The molecule has 1 aromatic rings. The van der Waals surface area contributed by atoms with Gasteiger partial charge in [0.1, 0.15) is 0 Å². The van der Waals surface area contributed by atoms with E-state index < -0.39 is 0 Å². The first-order valence-electron chi connectivity index (χ1n) is 5.84. The summed E-state index contributed by atoms with van der Waals surface area (Å²) in [7, 11) is 0. The second-order valence-electron chi connectivity index (χ2n) is 4.34. The highest BCUT2D eigenvalue weighted by Gasteiger charge is 2.27. The molecule has 3 nitrogen and oxygen atoms in total. The molecule has 98 valence electrons. The third-order valence-electron chi connectivity index (χ3n) is 3.09. The van der Waals surface area contributed by atoms with Gasteiger partial charge in [0, 0.05) is 21.9 Å². The molecule has 1 aliphatic rings. The van der Waals surface area contributed by atoms with Crippen LogP contribution in [0, 0.1) is 6.92 Å². The number of hydrogen-bond donors (Lipinski definition) is 0. The van der Waals surface area contributed by atoms with Gasteiger partial charge in [-0.2, -0.15) is 0 Å². The van der Waals surface area contributed by atoms with Crippen LogP contribution in [-0.4, -0.2) is 41.9 Å². The van der Waals surface area contributed by atoms with Crippen molar-refractivity contribution in [3.8, 4) is 0 Å². The normalized spacial score (nSPS) is 19.9. The van der Waals surface area contributed by atoms with Crippen molar-refractivity contribution in [3.05, 3.63) is 33.8 Å². The molecule has 1 saturated heterocycles. The number of halogens is 2. The van der Waals surface area contributed by atoms with E-state index in [0.717, 1.165) is 20.9 Å². The van der Waals surface area contributed by atoms with Crippen LogP contribution in [0.5, 0.6) is 0 Å². The molecule has 0 bridgehead atoms. The van der Waals surface area contributed by atoms with Crippen LogP contribution >= 0.6 is 31.9 Å². The Labute approximate surface area is 124 Å². The predicted molar refractivity (Wildman–Crippen MR) is 78.3 cm³/mol. The van der Waals surface area contributed by atoms with Crippen molar-refractivity contribution in [2.24, 2.45) is 0 Å². The van der Waals surface area contributed by atoms with Crippen molar-refractivity contribution < 1.29 is 9.53 Å². The Morgan fingerprint density at radius 3 is 3.00 bits per heavy atom. The van der Waals surface area contributed by atoms with Gasteiger partial charge in [0.05, 0.1) is 19.3 Å². The maximum atomic E-state index is 12.5. The third kappa shape index (κ3) is 2.95. The molecule has 1 unspecified atom stereocenters. The van der Waals surface area contributed by atoms with Gasteiger partial charge in [-0.05, 0) is 30.7 Å². The van der Waals surface area contributed by atoms with E-state index in [0.29, 0.717) is 19.8 Å². The van der Waals surface area contributed by atoms with E-state index in [9.17, 15) is 4.79 Å². The van der Waals surface area contributed by atoms with E-state index in [4.69, 9.17) is 4.74 Å². The Balaban J connectivity index is 2.24. The summed E-state index contributed by atoms with van der Waals surface area (Å²) in [5.41, 5.74) is 1.76. The molecule has 1 heterocycles. The molecule has 0 N–H and O–H groups in total. The molecule has 1 aliphatic heterocycles. The summed E-state index contributed by atoms with van der Waals surface area (Å²) < 4.78 is 6.40. The fourth-order valence-electron chi connectivity index (χ4n) is 2.07. The summed E-state index contributed by atoms with van der Waals surface area (Å²) in [6, 6.07) is 5.87. The zero-order valence-corrected chi connectivity index (χ0v) is 13.3. The number of rotatable bonds is 2. The number of ether oxygens (including phenoxy) is 1. The summed E-state index contributed by atoms with van der Waals surface area (Å²) in [5, 5.41) is 0.744. The number of alkyl halides is 1. The predicted octanol–water partition coefficient (Wildman–Crippen LogP) is 2.99. The lowest BCUT2D eigenvalue weighted by Crippen LogP contribution is -2.49. The van der Waals surface area contributed by atoms with Crippen molar-refractivity contribution in [2.45, 2.75) is 13.0 Å². The maximum Gasteiger partial charge on any atom is 0.254 e. The molecule has 0 radical (unpaired) electrons. The minimum absolute atomic E-state index is 0.0905. The molecule has 1 atom stereocenters. The van der Waals surface area contributed by atoms with Gasteiger partial charge in [-0.1, -0.05) is 31.9 Å². The number of benzene rings is 1. The highest BCUT2D eigenvalue weighted by Crippen LogP contribution is 2.20. The molecule has 0 aromatic heterocycles. The van der Waals surface area contributed by atoms with Gasteiger partial charge in [0.2, 0.25) is 0 Å². The number of carbonyl (C=O) groups excluding carboxylic acids is 1. The quantitative estimate of drug-likeness (QED) is 0.742. The number of carbonyl (C=O) groups is 1. The van der Waals surface area contributed by atoms with Crippen LogP contribution in [0.15, 0.2) is 22.7 Å². The maximum absolute atomic E-state index is 12.5. The van der Waals surface area contributed by atoms with E-state index in [-0.39, 0.29) is 11.9 Å². The fourth-order valence-corrected chi connectivity index (χ4v) is 3.08. The molecule has 0 saturated carbocycles. The number of aryl methyl sites for hydroxylation is 1. The average Bonchev–Trinajstić information content (AvgIpc) is 2.38. The summed E-state index contributed by atoms with van der Waals surface area (Å²) in [6.07, 6.45) is 0. The number of nitrogens with zero attached hydrogens (tertiary/aromatic N) is 1. The van der Waals surface area contributed by atoms with Crippen LogP contribution in [0.4, 0.5) is 0 Å². The summed E-state index contributed by atoms with van der Waals surface area (Å²) >= 11 is 6.86. The molecule has 5 heteroatoms. The van der Waals surface area contributed by atoms with Gasteiger partial charge in [0.25, 0.3) is 5.91 Å². The second kappa shape index (κ2) is 6.17. The van der Waals surface area contributed by atoms with Crippen LogP contribution in [-0.2, 0) is 4.74 Å². The van der Waals surface area contributed by atoms with E-state index in [1.54, 1.807) is 0 Å². The molecule has 18 heavy (non-hydrogen) atoms. The zero-order valence-electron chi connectivity index (χ0n) is 10.2. The van der Waals surface area contributed by atoms with Crippen molar-refractivity contribution >= 4 is 37.8 Å². The lowest BCUT2D eigenvalue weighted by molar-refractivity contribution is 0.00520. The Morgan fingerprint density at radius 1 is 1.56 bits per heavy atom. The van der Waals surface area contributed by atoms with Gasteiger partial charge in [0.15, 0.2) is 0 Å². The van der Waals surface area contributed by atoms with E-state index >= 15 is 0 Å². The lowest BCUT2D eigenvalue weighted by atomic mass is 10.1. The highest BCUT2D eigenvalue weighted by molar-refractivity contribution is 9.10. The average molecular weight is 377 g/mol. The smallest absolute Gasteiger partial charge is 0.254 e. The number of morpholine rings is 1. The van der Waals surface area contributed by atoms with E-state index in [1.807, 2.05) is 30.0 Å². The van der Waals surface area contributed by atoms with Crippen molar-refractivity contribution in [3.63, 3.8) is 0 Å². The summed E-state index contributed by atoms with van der Waals surface area (Å²) in [4.78, 5) is 14.4. The fraction of sp³-hybridized carbons (Fsp3) is 0.462. The Bertz CT molecular complexity index is 451. The summed E-state index contributed by atoms with van der Waals surface area (Å²) in [5.74, 6) is 0.0905. The molecule has 0 aliphatic carbocycles. The Hall–Kier alpha value is -0.390. The van der Waals surface area contributed by atoms with Crippen LogP contribution in [0.2, 0.25) is 0 Å². The molecule has 1 amide bonds. The molecule has 1 aromatic carbocycles. The SMILES string of the molecule is Cc1cc(Br)ccc1C(=O)N1CCOCC1CBr. The highest BCUT2D eigenvalue weighted by atomic mass is 79.9. The van der Waals surface area contributed by atoms with E-state index in [2.05, 4.69) is 31.9 Å². The van der Waals surface area contributed by atoms with Crippen molar-refractivity contribution in [1.82, 2.24) is 4.90 Å². The molecular weight excluding hydrogens is 362 g/mol. The van der Waals surface area contributed by atoms with Crippen molar-refractivity contribution in [2.75, 3.05) is 25.1 Å².